The summed E-state index contributed by atoms with van der Waals surface area (Å²) in [6.07, 6.45) is -2.67. The van der Waals surface area contributed by atoms with Crippen LogP contribution in [0.5, 0.6) is 0 Å². The maximum atomic E-state index is 12.9. The van der Waals surface area contributed by atoms with Crippen LogP contribution < -0.4 is 0 Å². The Hall–Kier alpha value is -3.32. The third-order valence-corrected chi connectivity index (χ3v) is 5.89. The third kappa shape index (κ3) is 3.88. The van der Waals surface area contributed by atoms with Crippen molar-refractivity contribution in [2.45, 2.75) is 13.0 Å². The van der Waals surface area contributed by atoms with E-state index in [1.807, 2.05) is 11.0 Å². The number of nitrogens with one attached hydrogen (secondary N) is 1. The Labute approximate surface area is 178 Å². The van der Waals surface area contributed by atoms with E-state index in [4.69, 9.17) is 0 Å². The molecule has 1 aliphatic heterocycles. The van der Waals surface area contributed by atoms with Gasteiger partial charge in [-0.05, 0) is 34.5 Å². The van der Waals surface area contributed by atoms with Crippen molar-refractivity contribution in [1.82, 2.24) is 19.8 Å². The molecule has 2 heterocycles. The molecule has 0 aliphatic carbocycles. The van der Waals surface area contributed by atoms with Crippen LogP contribution in [0.1, 0.15) is 28.2 Å². The molecule has 31 heavy (non-hydrogen) atoms. The van der Waals surface area contributed by atoms with Crippen LogP contribution in [-0.2, 0) is 6.54 Å². The molecule has 0 unspecified atom stereocenters. The number of aromatic nitrogens is 2. The molecule has 0 atom stereocenters. The number of carbonyl (C=O) groups is 1. The van der Waals surface area contributed by atoms with Crippen molar-refractivity contribution in [2.75, 3.05) is 26.2 Å². The predicted molar refractivity (Wildman–Crippen MR) is 116 cm³/mol. The zero-order chi connectivity index (χ0) is 21.4. The molecule has 158 valence electrons. The average Bonchev–Trinajstić information content (AvgIpc) is 3.23. The maximum Gasteiger partial charge on any atom is 0.295 e. The number of rotatable bonds is 4. The molecule has 1 amide bonds. The lowest BCUT2D eigenvalue weighted by molar-refractivity contribution is 0.0629. The van der Waals surface area contributed by atoms with Crippen molar-refractivity contribution in [3.05, 3.63) is 77.6 Å². The summed E-state index contributed by atoms with van der Waals surface area (Å²) in [5.74, 6) is -0.457. The fourth-order valence-electron chi connectivity index (χ4n) is 4.23. The van der Waals surface area contributed by atoms with Crippen molar-refractivity contribution < 1.29 is 13.6 Å². The number of carbonyl (C=O) groups excluding carboxylic acids is 1. The normalized spacial score (nSPS) is 15.3. The Balaban J connectivity index is 1.26. The minimum absolute atomic E-state index is 0.0834. The fraction of sp³-hybridized carbons (Fsp3) is 0.250. The highest BCUT2D eigenvalue weighted by Crippen LogP contribution is 2.23. The number of imidazole rings is 1. The number of hydrogen-bond acceptors (Lipinski definition) is 3. The predicted octanol–water partition coefficient (Wildman–Crippen LogP) is 4.61. The molecule has 1 aromatic heterocycles. The monoisotopic (exact) mass is 420 g/mol. The summed E-state index contributed by atoms with van der Waals surface area (Å²) < 4.78 is 25.7. The van der Waals surface area contributed by atoms with Gasteiger partial charge in [0, 0.05) is 38.3 Å². The standard InChI is InChI=1S/C24H22F2N4O/c25-22(26)23-27-20-9-8-17(14-21(20)28-23)24(31)30-12-10-29(11-13-30)15-18-6-3-5-16-4-1-2-7-19(16)18/h1-9,14,22H,10-13,15H2,(H,27,28). The van der Waals surface area contributed by atoms with E-state index >= 15 is 0 Å². The van der Waals surface area contributed by atoms with Gasteiger partial charge in [-0.3, -0.25) is 9.69 Å². The molecule has 0 radical (unpaired) electrons. The highest BCUT2D eigenvalue weighted by atomic mass is 19.3. The van der Waals surface area contributed by atoms with Gasteiger partial charge in [-0.25, -0.2) is 13.8 Å². The lowest BCUT2D eigenvalue weighted by Gasteiger charge is -2.35. The Morgan fingerprint density at radius 3 is 2.58 bits per heavy atom. The number of amides is 1. The van der Waals surface area contributed by atoms with E-state index in [1.165, 1.54) is 16.3 Å². The quantitative estimate of drug-likeness (QED) is 0.525. The SMILES string of the molecule is O=C(c1ccc2nc(C(F)F)[nH]c2c1)N1CCN(Cc2cccc3ccccc23)CC1. The van der Waals surface area contributed by atoms with Gasteiger partial charge < -0.3 is 9.88 Å². The topological polar surface area (TPSA) is 52.2 Å². The van der Waals surface area contributed by atoms with Crippen LogP contribution >= 0.6 is 0 Å². The van der Waals surface area contributed by atoms with Gasteiger partial charge in [0.05, 0.1) is 11.0 Å². The van der Waals surface area contributed by atoms with Gasteiger partial charge in [0.25, 0.3) is 12.3 Å². The Morgan fingerprint density at radius 2 is 1.77 bits per heavy atom. The van der Waals surface area contributed by atoms with Gasteiger partial charge in [0.15, 0.2) is 5.82 Å². The van der Waals surface area contributed by atoms with Gasteiger partial charge in [0.1, 0.15) is 0 Å². The molecule has 1 N–H and O–H groups in total. The number of piperazine rings is 1. The molecule has 0 spiro atoms. The Morgan fingerprint density at radius 1 is 1.00 bits per heavy atom. The lowest BCUT2D eigenvalue weighted by Crippen LogP contribution is -2.48. The number of hydrogen-bond donors (Lipinski definition) is 1. The first-order valence-corrected chi connectivity index (χ1v) is 10.3. The minimum Gasteiger partial charge on any atom is -0.337 e. The molecule has 5 nitrogen and oxygen atoms in total. The number of aromatic amines is 1. The van der Waals surface area contributed by atoms with E-state index in [2.05, 4.69) is 51.3 Å². The average molecular weight is 420 g/mol. The number of nitrogens with zero attached hydrogens (tertiary/aromatic N) is 3. The van der Waals surface area contributed by atoms with Crippen LogP contribution in [0.2, 0.25) is 0 Å². The molecule has 3 aromatic carbocycles. The second-order valence-electron chi connectivity index (χ2n) is 7.86. The van der Waals surface area contributed by atoms with Crippen molar-refractivity contribution in [3.63, 3.8) is 0 Å². The van der Waals surface area contributed by atoms with E-state index < -0.39 is 6.43 Å². The highest BCUT2D eigenvalue weighted by Gasteiger charge is 2.23. The molecule has 5 rings (SSSR count). The fourth-order valence-corrected chi connectivity index (χ4v) is 4.23. The first-order chi connectivity index (χ1) is 15.1. The number of halogens is 2. The summed E-state index contributed by atoms with van der Waals surface area (Å²) >= 11 is 0. The van der Waals surface area contributed by atoms with Gasteiger partial charge in [-0.15, -0.1) is 0 Å². The van der Waals surface area contributed by atoms with Crippen molar-refractivity contribution in [1.29, 1.82) is 0 Å². The summed E-state index contributed by atoms with van der Waals surface area (Å²) in [5.41, 5.74) is 2.67. The number of benzene rings is 3. The molecular formula is C24H22F2N4O. The number of alkyl halides is 2. The smallest absolute Gasteiger partial charge is 0.295 e. The van der Waals surface area contributed by atoms with Gasteiger partial charge in [0.2, 0.25) is 0 Å². The molecule has 4 aromatic rings. The lowest BCUT2D eigenvalue weighted by atomic mass is 10.0. The Kier molecular flexibility index (Phi) is 5.11. The molecule has 1 fully saturated rings. The van der Waals surface area contributed by atoms with Crippen molar-refractivity contribution >= 4 is 27.7 Å². The summed E-state index contributed by atoms with van der Waals surface area (Å²) in [6.45, 7) is 3.69. The van der Waals surface area contributed by atoms with Crippen LogP contribution in [0.25, 0.3) is 21.8 Å². The van der Waals surface area contributed by atoms with Crippen LogP contribution in [0.4, 0.5) is 8.78 Å². The van der Waals surface area contributed by atoms with E-state index in [-0.39, 0.29) is 11.7 Å². The highest BCUT2D eigenvalue weighted by molar-refractivity contribution is 5.97. The molecular weight excluding hydrogens is 398 g/mol. The second kappa shape index (κ2) is 8.07. The minimum atomic E-state index is -2.67. The van der Waals surface area contributed by atoms with Crippen molar-refractivity contribution in [3.8, 4) is 0 Å². The zero-order valence-corrected chi connectivity index (χ0v) is 16.9. The first-order valence-electron chi connectivity index (χ1n) is 10.3. The van der Waals surface area contributed by atoms with E-state index in [9.17, 15) is 13.6 Å². The molecule has 1 aliphatic rings. The molecule has 1 saturated heterocycles. The first kappa shape index (κ1) is 19.6. The maximum absolute atomic E-state index is 12.9. The summed E-state index contributed by atoms with van der Waals surface area (Å²) in [4.78, 5) is 23.6. The van der Waals surface area contributed by atoms with E-state index in [0.29, 0.717) is 29.7 Å². The second-order valence-corrected chi connectivity index (χ2v) is 7.86. The van der Waals surface area contributed by atoms with E-state index in [0.717, 1.165) is 19.6 Å². The summed E-state index contributed by atoms with van der Waals surface area (Å²) in [6, 6.07) is 19.6. The zero-order valence-electron chi connectivity index (χ0n) is 16.9. The van der Waals surface area contributed by atoms with Crippen molar-refractivity contribution in [2.24, 2.45) is 0 Å². The van der Waals surface area contributed by atoms with Crippen LogP contribution in [0, 0.1) is 0 Å². The largest absolute Gasteiger partial charge is 0.337 e. The van der Waals surface area contributed by atoms with Gasteiger partial charge in [-0.2, -0.15) is 0 Å². The van der Waals surface area contributed by atoms with Crippen LogP contribution in [0.15, 0.2) is 60.7 Å². The molecule has 7 heteroatoms. The molecule has 0 saturated carbocycles. The number of H-pyrrole nitrogens is 1. The van der Waals surface area contributed by atoms with Crippen LogP contribution in [0.3, 0.4) is 0 Å². The van der Waals surface area contributed by atoms with Crippen LogP contribution in [-0.4, -0.2) is 51.9 Å². The summed E-state index contributed by atoms with van der Waals surface area (Å²) in [7, 11) is 0. The van der Waals surface area contributed by atoms with Gasteiger partial charge >= 0.3 is 0 Å². The van der Waals surface area contributed by atoms with E-state index in [1.54, 1.807) is 18.2 Å². The summed E-state index contributed by atoms with van der Waals surface area (Å²) in [5, 5.41) is 2.50. The Bertz CT molecular complexity index is 1240. The third-order valence-electron chi connectivity index (χ3n) is 5.89. The van der Waals surface area contributed by atoms with Gasteiger partial charge in [-0.1, -0.05) is 42.5 Å². The number of fused-ring (bicyclic) bond motifs is 2. The molecule has 0 bridgehead atoms.